The zero-order valence-corrected chi connectivity index (χ0v) is 14.3. The van der Waals surface area contributed by atoms with Gasteiger partial charge in [0.1, 0.15) is 11.3 Å². The van der Waals surface area contributed by atoms with Crippen molar-refractivity contribution in [2.75, 3.05) is 13.2 Å². The lowest BCUT2D eigenvalue weighted by atomic mass is 10.1. The largest absolute Gasteiger partial charge is 0.505 e. The molecule has 1 aromatic carbocycles. The third-order valence-electron chi connectivity index (χ3n) is 3.56. The number of benzene rings is 1. The summed E-state index contributed by atoms with van der Waals surface area (Å²) in [5.41, 5.74) is 2.33. The molecule has 6 nitrogen and oxygen atoms in total. The number of aromatic nitrogens is 1. The third-order valence-corrected chi connectivity index (χ3v) is 3.56. The van der Waals surface area contributed by atoms with Crippen molar-refractivity contribution in [2.24, 2.45) is 0 Å². The van der Waals surface area contributed by atoms with Gasteiger partial charge in [-0.1, -0.05) is 12.1 Å². The number of ether oxygens (including phenoxy) is 2. The Labute approximate surface area is 140 Å². The number of aromatic hydroxyl groups is 1. The number of nitrogens with zero attached hydrogens (tertiary/aromatic N) is 1. The van der Waals surface area contributed by atoms with E-state index in [1.165, 1.54) is 10.8 Å². The second-order valence-corrected chi connectivity index (χ2v) is 5.34. The fourth-order valence-electron chi connectivity index (χ4n) is 2.47. The van der Waals surface area contributed by atoms with Crippen molar-refractivity contribution >= 4 is 11.9 Å². The Hall–Kier alpha value is -2.76. The number of hydrogen-bond donors (Lipinski definition) is 1. The molecule has 0 amide bonds. The molecule has 0 fully saturated rings. The minimum atomic E-state index is -0.762. The molecule has 0 aliphatic heterocycles. The van der Waals surface area contributed by atoms with Gasteiger partial charge in [0, 0.05) is 5.69 Å². The molecule has 0 aliphatic rings. The summed E-state index contributed by atoms with van der Waals surface area (Å²) in [7, 11) is 0. The molecule has 0 aliphatic carbocycles. The van der Waals surface area contributed by atoms with E-state index in [9.17, 15) is 14.7 Å². The fraction of sp³-hybridized carbons (Fsp3) is 0.333. The van der Waals surface area contributed by atoms with E-state index in [1.54, 1.807) is 13.8 Å². The van der Waals surface area contributed by atoms with Crippen molar-refractivity contribution in [2.45, 2.75) is 27.7 Å². The van der Waals surface area contributed by atoms with Gasteiger partial charge in [0.05, 0.1) is 19.4 Å². The second kappa shape index (κ2) is 7.21. The Morgan fingerprint density at radius 1 is 1.08 bits per heavy atom. The summed E-state index contributed by atoms with van der Waals surface area (Å²) in [5, 5.41) is 10.2. The quantitative estimate of drug-likeness (QED) is 0.852. The average molecular weight is 331 g/mol. The normalized spacial score (nSPS) is 10.5. The highest BCUT2D eigenvalue weighted by Crippen LogP contribution is 2.30. The monoisotopic (exact) mass is 331 g/mol. The van der Waals surface area contributed by atoms with Crippen LogP contribution in [-0.4, -0.2) is 34.8 Å². The van der Waals surface area contributed by atoms with Gasteiger partial charge in [-0.05, 0) is 44.9 Å². The van der Waals surface area contributed by atoms with E-state index >= 15 is 0 Å². The number of carbonyl (C=O) groups is 2. The molecule has 0 radical (unpaired) electrons. The van der Waals surface area contributed by atoms with Crippen LogP contribution in [0.3, 0.4) is 0 Å². The average Bonchev–Trinajstić information content (AvgIpc) is 2.87. The maximum absolute atomic E-state index is 12.4. The maximum atomic E-state index is 12.4. The lowest BCUT2D eigenvalue weighted by molar-refractivity contribution is 0.0471. The number of rotatable bonds is 5. The van der Waals surface area contributed by atoms with Crippen molar-refractivity contribution < 1.29 is 24.2 Å². The number of hydrogen-bond acceptors (Lipinski definition) is 5. The minimum Gasteiger partial charge on any atom is -0.505 e. The van der Waals surface area contributed by atoms with Crippen LogP contribution in [0.1, 0.15) is 45.8 Å². The number of aryl methyl sites for hydroxylation is 2. The summed E-state index contributed by atoms with van der Waals surface area (Å²) in [6, 6.07) is 5.71. The molecule has 1 aromatic heterocycles. The molecule has 0 spiro atoms. The van der Waals surface area contributed by atoms with Gasteiger partial charge in [0.25, 0.3) is 0 Å². The van der Waals surface area contributed by atoms with Gasteiger partial charge in [-0.3, -0.25) is 0 Å². The molecule has 1 N–H and O–H groups in total. The smallest absolute Gasteiger partial charge is 0.356 e. The van der Waals surface area contributed by atoms with Crippen LogP contribution in [0.25, 0.3) is 5.69 Å². The predicted molar refractivity (Wildman–Crippen MR) is 88.8 cm³/mol. The summed E-state index contributed by atoms with van der Waals surface area (Å²) in [5.74, 6) is -1.78. The topological polar surface area (TPSA) is 77.8 Å². The van der Waals surface area contributed by atoms with Gasteiger partial charge in [-0.15, -0.1) is 0 Å². The van der Waals surface area contributed by atoms with Crippen LogP contribution >= 0.6 is 0 Å². The molecule has 128 valence electrons. The SMILES string of the molecule is CCOC(=O)c1c(O)cn(-c2cc(C)ccc2C)c1C(=O)OCC. The van der Waals surface area contributed by atoms with Gasteiger partial charge in [0.15, 0.2) is 5.69 Å². The van der Waals surface area contributed by atoms with Crippen LogP contribution in [-0.2, 0) is 9.47 Å². The molecule has 24 heavy (non-hydrogen) atoms. The van der Waals surface area contributed by atoms with E-state index in [2.05, 4.69) is 0 Å². The van der Waals surface area contributed by atoms with Crippen molar-refractivity contribution in [3.05, 3.63) is 46.8 Å². The molecule has 0 unspecified atom stereocenters. The highest BCUT2D eigenvalue weighted by atomic mass is 16.5. The van der Waals surface area contributed by atoms with E-state index in [-0.39, 0.29) is 30.2 Å². The van der Waals surface area contributed by atoms with Crippen LogP contribution in [0.5, 0.6) is 5.75 Å². The molecule has 0 bridgehead atoms. The Bertz CT molecular complexity index is 776. The molecule has 0 saturated heterocycles. The Kier molecular flexibility index (Phi) is 5.28. The van der Waals surface area contributed by atoms with Gasteiger partial charge in [0.2, 0.25) is 0 Å². The van der Waals surface area contributed by atoms with Gasteiger partial charge in [-0.25, -0.2) is 9.59 Å². The summed E-state index contributed by atoms with van der Waals surface area (Å²) in [4.78, 5) is 24.6. The third kappa shape index (κ3) is 3.27. The first kappa shape index (κ1) is 17.6. The van der Waals surface area contributed by atoms with Crippen molar-refractivity contribution in [1.29, 1.82) is 0 Å². The first-order valence-corrected chi connectivity index (χ1v) is 7.76. The molecule has 0 saturated carbocycles. The van der Waals surface area contributed by atoms with Crippen LogP contribution in [0, 0.1) is 13.8 Å². The zero-order valence-electron chi connectivity index (χ0n) is 14.3. The minimum absolute atomic E-state index is 0.0403. The fourth-order valence-corrected chi connectivity index (χ4v) is 2.47. The van der Waals surface area contributed by atoms with Gasteiger partial charge < -0.3 is 19.1 Å². The van der Waals surface area contributed by atoms with E-state index in [1.807, 2.05) is 32.0 Å². The molecule has 2 rings (SSSR count). The molecule has 0 atom stereocenters. The molecular formula is C18H21NO5. The Morgan fingerprint density at radius 2 is 1.71 bits per heavy atom. The van der Waals surface area contributed by atoms with Crippen molar-refractivity contribution in [3.63, 3.8) is 0 Å². The summed E-state index contributed by atoms with van der Waals surface area (Å²) >= 11 is 0. The molecule has 6 heteroatoms. The van der Waals surface area contributed by atoms with E-state index in [0.717, 1.165) is 11.1 Å². The van der Waals surface area contributed by atoms with Crippen LogP contribution in [0.4, 0.5) is 0 Å². The van der Waals surface area contributed by atoms with E-state index in [4.69, 9.17) is 9.47 Å². The van der Waals surface area contributed by atoms with Crippen LogP contribution in [0.15, 0.2) is 24.4 Å². The number of carbonyl (C=O) groups excluding carboxylic acids is 2. The van der Waals surface area contributed by atoms with Crippen LogP contribution < -0.4 is 0 Å². The lowest BCUT2D eigenvalue weighted by Crippen LogP contribution is -2.17. The number of esters is 2. The molecule has 2 aromatic rings. The van der Waals surface area contributed by atoms with Gasteiger partial charge >= 0.3 is 11.9 Å². The first-order valence-electron chi connectivity index (χ1n) is 7.76. The zero-order chi connectivity index (χ0) is 17.9. The Morgan fingerprint density at radius 3 is 2.33 bits per heavy atom. The van der Waals surface area contributed by atoms with E-state index < -0.39 is 11.9 Å². The summed E-state index contributed by atoms with van der Waals surface area (Å²) in [6.07, 6.45) is 1.33. The summed E-state index contributed by atoms with van der Waals surface area (Å²) < 4.78 is 11.5. The molecule has 1 heterocycles. The van der Waals surface area contributed by atoms with Gasteiger partial charge in [-0.2, -0.15) is 0 Å². The van der Waals surface area contributed by atoms with Crippen molar-refractivity contribution in [1.82, 2.24) is 4.57 Å². The predicted octanol–water partition coefficient (Wildman–Crippen LogP) is 3.15. The standard InChI is InChI=1S/C18H21NO5/c1-5-23-17(21)15-14(20)10-19(16(15)18(22)24-6-2)13-9-11(3)7-8-12(13)4/h7-10,20H,5-6H2,1-4H3. The first-order chi connectivity index (χ1) is 11.4. The highest BCUT2D eigenvalue weighted by Gasteiger charge is 2.29. The summed E-state index contributed by atoms with van der Waals surface area (Å²) in [6.45, 7) is 7.41. The van der Waals surface area contributed by atoms with E-state index in [0.29, 0.717) is 5.69 Å². The highest BCUT2D eigenvalue weighted by molar-refractivity contribution is 6.05. The van der Waals surface area contributed by atoms with Crippen molar-refractivity contribution in [3.8, 4) is 11.4 Å². The maximum Gasteiger partial charge on any atom is 0.356 e. The lowest BCUT2D eigenvalue weighted by Gasteiger charge is -2.13. The Balaban J connectivity index is 2.72. The second-order valence-electron chi connectivity index (χ2n) is 5.34. The molecular weight excluding hydrogens is 310 g/mol. The van der Waals surface area contributed by atoms with Crippen LogP contribution in [0.2, 0.25) is 0 Å².